The van der Waals surface area contributed by atoms with Gasteiger partial charge in [0.2, 0.25) is 0 Å². The van der Waals surface area contributed by atoms with Crippen LogP contribution in [0.25, 0.3) is 0 Å². The molecular weight excluding hydrogens is 276 g/mol. The maximum atomic E-state index is 13.8. The molecule has 0 saturated carbocycles. The van der Waals surface area contributed by atoms with Crippen LogP contribution >= 0.6 is 0 Å². The van der Waals surface area contributed by atoms with Crippen molar-refractivity contribution in [1.82, 2.24) is 5.32 Å². The molecular formula is C16H25F2NO2. The monoisotopic (exact) mass is 301 g/mol. The third-order valence-electron chi connectivity index (χ3n) is 2.74. The molecule has 0 atom stereocenters. The van der Waals surface area contributed by atoms with Crippen LogP contribution in [-0.4, -0.2) is 26.4 Å². The lowest BCUT2D eigenvalue weighted by molar-refractivity contribution is 0.0795. The fourth-order valence-corrected chi connectivity index (χ4v) is 1.78. The van der Waals surface area contributed by atoms with Crippen molar-refractivity contribution in [2.45, 2.75) is 33.7 Å². The summed E-state index contributed by atoms with van der Waals surface area (Å²) in [5.74, 6) is -1.25. The first kappa shape index (κ1) is 17.9. The third-order valence-corrected chi connectivity index (χ3v) is 2.74. The Morgan fingerprint density at radius 3 is 2.38 bits per heavy atom. The Morgan fingerprint density at radius 1 is 1.14 bits per heavy atom. The van der Waals surface area contributed by atoms with E-state index in [1.54, 1.807) is 0 Å². The fourth-order valence-electron chi connectivity index (χ4n) is 1.78. The van der Waals surface area contributed by atoms with Gasteiger partial charge in [-0.25, -0.2) is 8.78 Å². The van der Waals surface area contributed by atoms with Crippen molar-refractivity contribution < 1.29 is 18.3 Å². The summed E-state index contributed by atoms with van der Waals surface area (Å²) in [5, 5.41) is 3.10. The van der Waals surface area contributed by atoms with Crippen molar-refractivity contribution in [3.8, 4) is 5.75 Å². The van der Waals surface area contributed by atoms with E-state index in [4.69, 9.17) is 9.47 Å². The average molecular weight is 301 g/mol. The summed E-state index contributed by atoms with van der Waals surface area (Å²) in [6.45, 7) is 8.42. The Kier molecular flexibility index (Phi) is 8.23. The molecule has 5 heteroatoms. The fraction of sp³-hybridized carbons (Fsp3) is 0.625. The Hall–Kier alpha value is -1.20. The molecule has 0 aliphatic rings. The number of nitrogens with one attached hydrogen (secondary N) is 1. The molecule has 0 aliphatic heterocycles. The molecule has 0 saturated heterocycles. The molecule has 21 heavy (non-hydrogen) atoms. The van der Waals surface area contributed by atoms with Crippen molar-refractivity contribution in [2.75, 3.05) is 26.4 Å². The van der Waals surface area contributed by atoms with Crippen LogP contribution in [0, 0.1) is 17.6 Å². The van der Waals surface area contributed by atoms with Crippen molar-refractivity contribution in [1.29, 1.82) is 0 Å². The molecule has 1 aromatic carbocycles. The molecule has 0 heterocycles. The molecule has 0 aliphatic carbocycles. The smallest absolute Gasteiger partial charge is 0.190 e. The maximum Gasteiger partial charge on any atom is 0.190 e. The SMILES string of the molecule is CCCNCc1cc(F)c(OCCOCC(C)C)c(F)c1. The Bertz CT molecular complexity index is 402. The van der Waals surface area contributed by atoms with Gasteiger partial charge in [-0.1, -0.05) is 20.8 Å². The highest BCUT2D eigenvalue weighted by molar-refractivity contribution is 5.31. The Morgan fingerprint density at radius 2 is 1.81 bits per heavy atom. The largest absolute Gasteiger partial charge is 0.485 e. The molecule has 1 aromatic rings. The molecule has 120 valence electrons. The molecule has 0 aromatic heterocycles. The predicted molar refractivity (Wildman–Crippen MR) is 79.5 cm³/mol. The summed E-state index contributed by atoms with van der Waals surface area (Å²) < 4.78 is 38.1. The first-order valence-electron chi connectivity index (χ1n) is 7.43. The highest BCUT2D eigenvalue weighted by Gasteiger charge is 2.12. The van der Waals surface area contributed by atoms with Crippen LogP contribution in [0.1, 0.15) is 32.8 Å². The van der Waals surface area contributed by atoms with Crippen LogP contribution < -0.4 is 10.1 Å². The standard InChI is InChI=1S/C16H25F2NO2/c1-4-5-19-10-13-8-14(17)16(15(18)9-13)21-7-6-20-11-12(2)3/h8-9,12,19H,4-7,10-11H2,1-3H3. The van der Waals surface area contributed by atoms with Crippen LogP contribution in [0.4, 0.5) is 8.78 Å². The highest BCUT2D eigenvalue weighted by Crippen LogP contribution is 2.23. The molecule has 0 fully saturated rings. The van der Waals surface area contributed by atoms with E-state index >= 15 is 0 Å². The summed E-state index contributed by atoms with van der Waals surface area (Å²) in [6.07, 6.45) is 0.975. The molecule has 0 radical (unpaired) electrons. The molecule has 0 spiro atoms. The van der Waals surface area contributed by atoms with Gasteiger partial charge in [0.25, 0.3) is 0 Å². The van der Waals surface area contributed by atoms with Crippen molar-refractivity contribution >= 4 is 0 Å². The summed E-state index contributed by atoms with van der Waals surface area (Å²) in [4.78, 5) is 0. The first-order chi connectivity index (χ1) is 10.0. The van der Waals surface area contributed by atoms with Crippen molar-refractivity contribution in [2.24, 2.45) is 5.92 Å². The minimum absolute atomic E-state index is 0.133. The van der Waals surface area contributed by atoms with Crippen molar-refractivity contribution in [3.05, 3.63) is 29.3 Å². The van der Waals surface area contributed by atoms with E-state index in [0.29, 0.717) is 31.2 Å². The van der Waals surface area contributed by atoms with E-state index in [1.165, 1.54) is 12.1 Å². The van der Waals surface area contributed by atoms with Gasteiger partial charge < -0.3 is 14.8 Å². The van der Waals surface area contributed by atoms with Gasteiger partial charge in [0.1, 0.15) is 6.61 Å². The van der Waals surface area contributed by atoms with Crippen LogP contribution in [0.5, 0.6) is 5.75 Å². The minimum atomic E-state index is -0.674. The predicted octanol–water partition coefficient (Wildman–Crippen LogP) is 3.52. The lowest BCUT2D eigenvalue weighted by Crippen LogP contribution is -2.15. The maximum absolute atomic E-state index is 13.8. The van der Waals surface area contributed by atoms with Gasteiger partial charge >= 0.3 is 0 Å². The van der Waals surface area contributed by atoms with Crippen molar-refractivity contribution in [3.63, 3.8) is 0 Å². The second kappa shape index (κ2) is 9.68. The minimum Gasteiger partial charge on any atom is -0.485 e. The zero-order chi connectivity index (χ0) is 15.7. The zero-order valence-electron chi connectivity index (χ0n) is 13.0. The number of rotatable bonds is 10. The lowest BCUT2D eigenvalue weighted by Gasteiger charge is -2.11. The number of halogens is 2. The summed E-state index contributed by atoms with van der Waals surface area (Å²) in [5.41, 5.74) is 0.571. The van der Waals surface area contributed by atoms with E-state index in [9.17, 15) is 8.78 Å². The second-order valence-corrected chi connectivity index (χ2v) is 5.38. The molecule has 0 unspecified atom stereocenters. The Labute approximate surface area is 125 Å². The van der Waals surface area contributed by atoms with Gasteiger partial charge in [0.05, 0.1) is 6.61 Å². The zero-order valence-corrected chi connectivity index (χ0v) is 13.0. The number of benzene rings is 1. The van der Waals surface area contributed by atoms with Crippen LogP contribution in [0.15, 0.2) is 12.1 Å². The molecule has 1 N–H and O–H groups in total. The molecule has 1 rings (SSSR count). The van der Waals surface area contributed by atoms with Gasteiger partial charge in [0.15, 0.2) is 17.4 Å². The van der Waals surface area contributed by atoms with Crippen LogP contribution in [-0.2, 0) is 11.3 Å². The number of ether oxygens (including phenoxy) is 2. The van der Waals surface area contributed by atoms with Crippen LogP contribution in [0.2, 0.25) is 0 Å². The third kappa shape index (κ3) is 6.87. The molecule has 0 bridgehead atoms. The Balaban J connectivity index is 2.47. The van der Waals surface area contributed by atoms with Crippen LogP contribution in [0.3, 0.4) is 0 Å². The van der Waals surface area contributed by atoms with Gasteiger partial charge in [-0.15, -0.1) is 0 Å². The lowest BCUT2D eigenvalue weighted by atomic mass is 10.2. The number of hydrogen-bond acceptors (Lipinski definition) is 3. The quantitative estimate of drug-likeness (QED) is 0.671. The molecule has 3 nitrogen and oxygen atoms in total. The summed E-state index contributed by atoms with van der Waals surface area (Å²) >= 11 is 0. The highest BCUT2D eigenvalue weighted by atomic mass is 19.1. The second-order valence-electron chi connectivity index (χ2n) is 5.38. The summed E-state index contributed by atoms with van der Waals surface area (Å²) in [7, 11) is 0. The van der Waals surface area contributed by atoms with E-state index in [2.05, 4.69) is 5.32 Å². The van der Waals surface area contributed by atoms with Gasteiger partial charge in [0, 0.05) is 13.2 Å². The molecule has 0 amide bonds. The summed E-state index contributed by atoms with van der Waals surface area (Å²) in [6, 6.07) is 2.60. The van der Waals surface area contributed by atoms with Gasteiger partial charge in [-0.2, -0.15) is 0 Å². The first-order valence-corrected chi connectivity index (χ1v) is 7.43. The van der Waals surface area contributed by atoms with E-state index in [1.807, 2.05) is 20.8 Å². The normalized spacial score (nSPS) is 11.1. The van der Waals surface area contributed by atoms with Gasteiger partial charge in [-0.05, 0) is 36.6 Å². The van der Waals surface area contributed by atoms with E-state index in [-0.39, 0.29) is 12.4 Å². The number of hydrogen-bond donors (Lipinski definition) is 1. The average Bonchev–Trinajstić information content (AvgIpc) is 2.41. The van der Waals surface area contributed by atoms with Gasteiger partial charge in [-0.3, -0.25) is 0 Å². The van der Waals surface area contributed by atoms with E-state index in [0.717, 1.165) is 13.0 Å². The topological polar surface area (TPSA) is 30.5 Å². The van der Waals surface area contributed by atoms with E-state index < -0.39 is 11.6 Å².